The number of nitrogens with one attached hydrogen (secondary N) is 2. The predicted octanol–water partition coefficient (Wildman–Crippen LogP) is -0.472. The molecular weight excluding hydrogens is 244 g/mol. The maximum atomic E-state index is 12.0. The molecule has 19 heavy (non-hydrogen) atoms. The Labute approximate surface area is 112 Å². The van der Waals surface area contributed by atoms with Crippen molar-refractivity contribution in [1.82, 2.24) is 15.2 Å². The molecule has 0 atom stereocenters. The highest BCUT2D eigenvalue weighted by atomic mass is 16.2. The van der Waals surface area contributed by atoms with E-state index in [0.29, 0.717) is 12.2 Å². The normalized spacial score (nSPS) is 17.3. The average Bonchev–Trinajstić information content (AvgIpc) is 2.41. The molecule has 1 saturated heterocycles. The van der Waals surface area contributed by atoms with E-state index in [1.54, 1.807) is 12.1 Å². The molecule has 1 aromatic rings. The first-order chi connectivity index (χ1) is 9.19. The minimum Gasteiger partial charge on any atom is -0.348 e. The minimum absolute atomic E-state index is 0.172. The highest BCUT2D eigenvalue weighted by molar-refractivity contribution is 5.92. The van der Waals surface area contributed by atoms with Gasteiger partial charge in [-0.25, -0.2) is 0 Å². The number of piperidine rings is 1. The van der Waals surface area contributed by atoms with Crippen molar-refractivity contribution in [2.75, 3.05) is 26.2 Å². The lowest BCUT2D eigenvalue weighted by Gasteiger charge is -2.31. The fourth-order valence-corrected chi connectivity index (χ4v) is 2.33. The fraction of sp³-hybridized carbons (Fsp3) is 0.538. The van der Waals surface area contributed by atoms with Crippen LogP contribution in [0.2, 0.25) is 0 Å². The third-order valence-electron chi connectivity index (χ3n) is 3.38. The maximum Gasteiger partial charge on any atom is 0.268 e. The molecule has 1 aromatic heterocycles. The molecule has 0 aromatic carbocycles. The number of pyridine rings is 1. The largest absolute Gasteiger partial charge is 0.348 e. The molecule has 104 valence electrons. The summed E-state index contributed by atoms with van der Waals surface area (Å²) < 4.78 is 0. The number of rotatable bonds is 4. The lowest BCUT2D eigenvalue weighted by atomic mass is 10.0. The summed E-state index contributed by atoms with van der Waals surface area (Å²) in [5.74, 6) is -0.213. The smallest absolute Gasteiger partial charge is 0.268 e. The number of nitrogens with zero attached hydrogens (tertiary/aromatic N) is 1. The Bertz CT molecular complexity index is 478. The van der Waals surface area contributed by atoms with Crippen LogP contribution in [0.5, 0.6) is 0 Å². The van der Waals surface area contributed by atoms with Crippen molar-refractivity contribution < 1.29 is 4.79 Å². The predicted molar refractivity (Wildman–Crippen MR) is 73.0 cm³/mol. The summed E-state index contributed by atoms with van der Waals surface area (Å²) in [6.07, 6.45) is 1.84. The zero-order valence-corrected chi connectivity index (χ0v) is 10.9. The van der Waals surface area contributed by atoms with Crippen LogP contribution in [0.1, 0.15) is 23.3 Å². The second-order valence-corrected chi connectivity index (χ2v) is 4.81. The quantitative estimate of drug-likeness (QED) is 0.685. The van der Waals surface area contributed by atoms with Crippen molar-refractivity contribution in [3.8, 4) is 0 Å². The van der Waals surface area contributed by atoms with Crippen molar-refractivity contribution in [1.29, 1.82) is 0 Å². The van der Waals surface area contributed by atoms with Gasteiger partial charge in [-0.15, -0.1) is 0 Å². The third kappa shape index (κ3) is 3.90. The van der Waals surface area contributed by atoms with Crippen LogP contribution in [0.15, 0.2) is 23.0 Å². The number of hydrogen-bond donors (Lipinski definition) is 3. The van der Waals surface area contributed by atoms with Crippen LogP contribution < -0.4 is 16.6 Å². The summed E-state index contributed by atoms with van der Waals surface area (Å²) >= 11 is 0. The first-order valence-corrected chi connectivity index (χ1v) is 6.61. The number of carbonyl (C=O) groups is 1. The lowest BCUT2D eigenvalue weighted by Crippen LogP contribution is -2.46. The summed E-state index contributed by atoms with van der Waals surface area (Å²) in [5, 5.41) is 2.96. The molecule has 0 aliphatic carbocycles. The zero-order valence-electron chi connectivity index (χ0n) is 10.9. The topological polar surface area (TPSA) is 91.2 Å². The van der Waals surface area contributed by atoms with Gasteiger partial charge < -0.3 is 20.9 Å². The van der Waals surface area contributed by atoms with Gasteiger partial charge >= 0.3 is 0 Å². The molecule has 0 bridgehead atoms. The summed E-state index contributed by atoms with van der Waals surface area (Å²) in [7, 11) is 0. The SMILES string of the molecule is NCCN1CCC(NC(=O)c2cccc(=O)[nH]2)CC1. The number of likely N-dealkylation sites (tertiary alicyclic amines) is 1. The fourth-order valence-electron chi connectivity index (χ4n) is 2.33. The first kappa shape index (κ1) is 13.8. The van der Waals surface area contributed by atoms with Gasteiger partial charge in [0, 0.05) is 38.3 Å². The Morgan fingerprint density at radius 2 is 2.16 bits per heavy atom. The molecule has 2 heterocycles. The van der Waals surface area contributed by atoms with Gasteiger partial charge in [-0.3, -0.25) is 9.59 Å². The van der Waals surface area contributed by atoms with E-state index in [2.05, 4.69) is 15.2 Å². The Morgan fingerprint density at radius 1 is 1.42 bits per heavy atom. The molecule has 1 fully saturated rings. The van der Waals surface area contributed by atoms with E-state index < -0.39 is 0 Å². The number of nitrogens with two attached hydrogens (primary N) is 1. The van der Waals surface area contributed by atoms with Crippen LogP contribution in [0.4, 0.5) is 0 Å². The van der Waals surface area contributed by atoms with Crippen molar-refractivity contribution in [3.05, 3.63) is 34.2 Å². The molecule has 0 radical (unpaired) electrons. The summed E-state index contributed by atoms with van der Waals surface area (Å²) in [6.45, 7) is 3.48. The summed E-state index contributed by atoms with van der Waals surface area (Å²) in [4.78, 5) is 27.9. The lowest BCUT2D eigenvalue weighted by molar-refractivity contribution is 0.0906. The molecular formula is C13H20N4O2. The molecule has 1 aliphatic heterocycles. The van der Waals surface area contributed by atoms with Crippen molar-refractivity contribution in [3.63, 3.8) is 0 Å². The maximum absolute atomic E-state index is 12.0. The number of carbonyl (C=O) groups excluding carboxylic acids is 1. The number of hydrogen-bond acceptors (Lipinski definition) is 4. The Balaban J connectivity index is 1.85. The van der Waals surface area contributed by atoms with Gasteiger partial charge in [-0.2, -0.15) is 0 Å². The van der Waals surface area contributed by atoms with Gasteiger partial charge in [0.25, 0.3) is 5.91 Å². The molecule has 6 nitrogen and oxygen atoms in total. The van der Waals surface area contributed by atoms with Crippen LogP contribution in [0, 0.1) is 0 Å². The van der Waals surface area contributed by atoms with Gasteiger partial charge in [0.2, 0.25) is 5.56 Å². The number of amides is 1. The molecule has 2 rings (SSSR count). The van der Waals surface area contributed by atoms with Crippen molar-refractivity contribution in [2.45, 2.75) is 18.9 Å². The molecule has 6 heteroatoms. The minimum atomic E-state index is -0.259. The van der Waals surface area contributed by atoms with Gasteiger partial charge in [0.1, 0.15) is 5.69 Å². The van der Waals surface area contributed by atoms with Crippen LogP contribution in [-0.2, 0) is 0 Å². The Hall–Kier alpha value is -1.66. The highest BCUT2D eigenvalue weighted by Crippen LogP contribution is 2.10. The van der Waals surface area contributed by atoms with E-state index in [1.165, 1.54) is 6.07 Å². The van der Waals surface area contributed by atoms with Crippen molar-refractivity contribution >= 4 is 5.91 Å². The van der Waals surface area contributed by atoms with E-state index >= 15 is 0 Å². The highest BCUT2D eigenvalue weighted by Gasteiger charge is 2.20. The number of aromatic nitrogens is 1. The molecule has 1 amide bonds. The molecule has 1 aliphatic rings. The zero-order chi connectivity index (χ0) is 13.7. The average molecular weight is 264 g/mol. The molecule has 0 unspecified atom stereocenters. The van der Waals surface area contributed by atoms with Crippen molar-refractivity contribution in [2.24, 2.45) is 5.73 Å². The van der Waals surface area contributed by atoms with Crippen LogP contribution in [-0.4, -0.2) is 48.0 Å². The summed E-state index contributed by atoms with van der Waals surface area (Å²) in [5.41, 5.74) is 5.58. The number of H-pyrrole nitrogens is 1. The van der Waals surface area contributed by atoms with Gasteiger partial charge in [0.15, 0.2) is 0 Å². The number of aromatic amines is 1. The first-order valence-electron chi connectivity index (χ1n) is 6.61. The Morgan fingerprint density at radius 3 is 2.79 bits per heavy atom. The third-order valence-corrected chi connectivity index (χ3v) is 3.38. The van der Waals surface area contributed by atoms with Gasteiger partial charge in [-0.05, 0) is 18.9 Å². The van der Waals surface area contributed by atoms with Crippen LogP contribution >= 0.6 is 0 Å². The van der Waals surface area contributed by atoms with E-state index in [4.69, 9.17) is 5.73 Å². The molecule has 0 saturated carbocycles. The monoisotopic (exact) mass is 264 g/mol. The standard InChI is InChI=1S/C13H20N4O2/c14-6-9-17-7-4-10(5-8-17)15-13(19)11-2-1-3-12(18)16-11/h1-3,10H,4-9,14H2,(H,15,19)(H,16,18). The molecule has 4 N–H and O–H groups in total. The van der Waals surface area contributed by atoms with E-state index in [9.17, 15) is 9.59 Å². The van der Waals surface area contributed by atoms with Crippen LogP contribution in [0.25, 0.3) is 0 Å². The van der Waals surface area contributed by atoms with E-state index in [-0.39, 0.29) is 17.5 Å². The summed E-state index contributed by atoms with van der Waals surface area (Å²) in [6, 6.07) is 4.75. The van der Waals surface area contributed by atoms with Gasteiger partial charge in [0.05, 0.1) is 0 Å². The van der Waals surface area contributed by atoms with Crippen LogP contribution in [0.3, 0.4) is 0 Å². The van der Waals surface area contributed by atoms with E-state index in [1.807, 2.05) is 0 Å². The second kappa shape index (κ2) is 6.49. The van der Waals surface area contributed by atoms with Gasteiger partial charge in [-0.1, -0.05) is 6.07 Å². The van der Waals surface area contributed by atoms with E-state index in [0.717, 1.165) is 32.5 Å². The second-order valence-electron chi connectivity index (χ2n) is 4.81. The molecule has 0 spiro atoms. The Kier molecular flexibility index (Phi) is 4.70.